The molecule has 0 spiro atoms. The number of aliphatic hydroxyl groups excluding tert-OH is 1. The van der Waals surface area contributed by atoms with E-state index >= 15 is 0 Å². The van der Waals surface area contributed by atoms with Gasteiger partial charge in [0.1, 0.15) is 5.75 Å². The predicted octanol–water partition coefficient (Wildman–Crippen LogP) is 10.3. The molecule has 0 aromatic heterocycles. The van der Waals surface area contributed by atoms with Crippen molar-refractivity contribution in [1.29, 1.82) is 0 Å². The summed E-state index contributed by atoms with van der Waals surface area (Å²) in [6, 6.07) is 16.8. The Bertz CT molecular complexity index is 1390. The van der Waals surface area contributed by atoms with E-state index in [1.807, 2.05) is 18.2 Å². The van der Waals surface area contributed by atoms with Gasteiger partial charge in [-0.2, -0.15) is 0 Å². The summed E-state index contributed by atoms with van der Waals surface area (Å²) in [5, 5.41) is 21.0. The number of aliphatic carboxylic acids is 1. The van der Waals surface area contributed by atoms with Gasteiger partial charge in [0, 0.05) is 5.92 Å². The van der Waals surface area contributed by atoms with Crippen molar-refractivity contribution in [1.82, 2.24) is 0 Å². The van der Waals surface area contributed by atoms with Crippen LogP contribution < -0.4 is 4.74 Å². The first-order valence-electron chi connectivity index (χ1n) is 18.3. The van der Waals surface area contributed by atoms with Crippen molar-refractivity contribution >= 4 is 22.6 Å². The van der Waals surface area contributed by atoms with Crippen molar-refractivity contribution in [3.05, 3.63) is 65.2 Å². The topological polar surface area (TPSA) is 85.2 Å². The quantitative estimate of drug-likeness (QED) is 0.191. The van der Waals surface area contributed by atoms with Crippen molar-refractivity contribution < 1.29 is 28.6 Å². The van der Waals surface area contributed by atoms with Gasteiger partial charge in [-0.15, -0.1) is 0 Å². The molecule has 0 aliphatic heterocycles. The molecular weight excluding hydrogens is 633 g/mol. The van der Waals surface area contributed by atoms with Crippen molar-refractivity contribution in [2.24, 2.45) is 11.3 Å². The van der Waals surface area contributed by atoms with E-state index < -0.39 is 28.7 Å². The van der Waals surface area contributed by atoms with Crippen LogP contribution in [0.3, 0.4) is 0 Å². The number of hydrogen-bond acceptors (Lipinski definition) is 5. The molecular formula is C40H64O6Si2. The third kappa shape index (κ3) is 8.66. The number of ether oxygens (including phenoxy) is 1. The highest BCUT2D eigenvalue weighted by Gasteiger charge is 2.51. The largest absolute Gasteiger partial charge is 0.482 e. The molecule has 0 saturated heterocycles. The second kappa shape index (κ2) is 14.7. The normalized spacial score (nSPS) is 23.8. The van der Waals surface area contributed by atoms with Crippen LogP contribution in [0, 0.1) is 11.3 Å². The lowest BCUT2D eigenvalue weighted by Crippen LogP contribution is -2.47. The Balaban J connectivity index is 1.78. The molecule has 2 saturated carbocycles. The van der Waals surface area contributed by atoms with Crippen LogP contribution in [0.5, 0.6) is 5.75 Å². The van der Waals surface area contributed by atoms with Crippen molar-refractivity contribution in [2.75, 3.05) is 6.61 Å². The fraction of sp³-hybridized carbons (Fsp3) is 0.675. The molecule has 0 radical (unpaired) electrons. The van der Waals surface area contributed by atoms with E-state index in [4.69, 9.17) is 18.7 Å². The molecule has 4 rings (SSSR count). The van der Waals surface area contributed by atoms with Crippen LogP contribution >= 0.6 is 0 Å². The smallest absolute Gasteiger partial charge is 0.341 e. The fourth-order valence-corrected chi connectivity index (χ4v) is 10.1. The number of carboxylic acid groups (broad SMARTS) is 1. The summed E-state index contributed by atoms with van der Waals surface area (Å²) in [5.41, 5.74) is 3.66. The molecule has 0 amide bonds. The molecule has 2 aliphatic carbocycles. The second-order valence-corrected chi connectivity index (χ2v) is 27.4. The number of carboxylic acids is 1. The second-order valence-electron chi connectivity index (χ2n) is 17.8. The Hall–Kier alpha value is -1.98. The Kier molecular flexibility index (Phi) is 11.9. The zero-order valence-corrected chi connectivity index (χ0v) is 33.7. The summed E-state index contributed by atoms with van der Waals surface area (Å²) in [5.74, 6) is -0.550. The van der Waals surface area contributed by atoms with Gasteiger partial charge in [0.2, 0.25) is 0 Å². The van der Waals surface area contributed by atoms with Gasteiger partial charge in [0.15, 0.2) is 23.2 Å². The van der Waals surface area contributed by atoms with E-state index in [9.17, 15) is 9.90 Å². The third-order valence-corrected chi connectivity index (χ3v) is 21.2. The average Bonchev–Trinajstić information content (AvgIpc) is 3.25. The minimum Gasteiger partial charge on any atom is -0.482 e. The summed E-state index contributed by atoms with van der Waals surface area (Å²) in [6.45, 7) is 25.1. The van der Waals surface area contributed by atoms with Gasteiger partial charge < -0.3 is 23.8 Å². The lowest BCUT2D eigenvalue weighted by atomic mass is 9.61. The third-order valence-electron chi connectivity index (χ3n) is 12.3. The maximum atomic E-state index is 11.8. The van der Waals surface area contributed by atoms with Crippen LogP contribution in [0.1, 0.15) is 116 Å². The molecule has 0 heterocycles. The fourth-order valence-electron chi connectivity index (χ4n) is 7.37. The predicted molar refractivity (Wildman–Crippen MR) is 201 cm³/mol. The first-order valence-corrected chi connectivity index (χ1v) is 24.1. The van der Waals surface area contributed by atoms with Gasteiger partial charge in [0.25, 0.3) is 0 Å². The van der Waals surface area contributed by atoms with E-state index in [1.54, 1.807) is 6.07 Å². The molecule has 48 heavy (non-hydrogen) atoms. The molecule has 2 N–H and O–H groups in total. The zero-order chi connectivity index (χ0) is 35.7. The maximum Gasteiger partial charge on any atom is 0.341 e. The Morgan fingerprint density at radius 2 is 1.60 bits per heavy atom. The molecule has 2 aromatic carbocycles. The van der Waals surface area contributed by atoms with E-state index in [2.05, 4.69) is 98.9 Å². The summed E-state index contributed by atoms with van der Waals surface area (Å²) < 4.78 is 20.1. The molecule has 2 fully saturated rings. The van der Waals surface area contributed by atoms with Crippen LogP contribution in [-0.4, -0.2) is 51.6 Å². The van der Waals surface area contributed by atoms with Crippen molar-refractivity contribution in [3.63, 3.8) is 0 Å². The van der Waals surface area contributed by atoms with Gasteiger partial charge in [0.05, 0.1) is 18.3 Å². The minimum atomic E-state index is -2.16. The van der Waals surface area contributed by atoms with Gasteiger partial charge >= 0.3 is 5.97 Å². The molecule has 2 aromatic rings. The Labute approximate surface area is 293 Å². The highest BCUT2D eigenvalue weighted by Crippen LogP contribution is 2.58. The number of hydrogen-bond donors (Lipinski definition) is 2. The summed E-state index contributed by atoms with van der Waals surface area (Å²) in [6.07, 6.45) is 6.59. The molecule has 6 nitrogen and oxygen atoms in total. The van der Waals surface area contributed by atoms with Crippen LogP contribution in [0.4, 0.5) is 0 Å². The summed E-state index contributed by atoms with van der Waals surface area (Å²) in [4.78, 5) is 11.1. The van der Waals surface area contributed by atoms with E-state index in [1.165, 1.54) is 36.8 Å². The number of benzene rings is 2. The monoisotopic (exact) mass is 696 g/mol. The molecule has 0 bridgehead atoms. The Morgan fingerprint density at radius 1 is 0.958 bits per heavy atom. The lowest BCUT2D eigenvalue weighted by Gasteiger charge is -2.52. The van der Waals surface area contributed by atoms with E-state index in [-0.39, 0.29) is 46.1 Å². The highest BCUT2D eigenvalue weighted by atomic mass is 28.4. The van der Waals surface area contributed by atoms with Crippen LogP contribution in [0.2, 0.25) is 36.3 Å². The maximum absolute atomic E-state index is 11.8. The lowest BCUT2D eigenvalue weighted by molar-refractivity contribution is -0.139. The van der Waals surface area contributed by atoms with E-state index in [0.717, 1.165) is 12.0 Å². The van der Waals surface area contributed by atoms with Crippen LogP contribution in [-0.2, 0) is 20.1 Å². The summed E-state index contributed by atoms with van der Waals surface area (Å²) in [7, 11) is -4.25. The van der Waals surface area contributed by atoms with Gasteiger partial charge in [-0.05, 0) is 109 Å². The van der Waals surface area contributed by atoms with Gasteiger partial charge in [-0.25, -0.2) is 4.79 Å². The number of carbonyl (C=O) groups is 1. The van der Waals surface area contributed by atoms with E-state index in [0.29, 0.717) is 18.6 Å². The first-order chi connectivity index (χ1) is 22.2. The average molecular weight is 697 g/mol. The molecule has 5 atom stereocenters. The first kappa shape index (κ1) is 38.8. The Morgan fingerprint density at radius 3 is 2.17 bits per heavy atom. The SMILES string of the molecule is CCCC1([C@H](O[Si](C)(C)C(C)(C)C)c2cccc([C@@H]3[C@@H](Cc4cccc(OCC(=O)O)c4)[C@@H](O)C[C@H]3O[Si](C)(C)C(C)(C)C)c2)CCC1. The summed E-state index contributed by atoms with van der Waals surface area (Å²) >= 11 is 0. The molecule has 0 unspecified atom stereocenters. The van der Waals surface area contributed by atoms with Gasteiger partial charge in [-0.1, -0.05) is 97.7 Å². The zero-order valence-electron chi connectivity index (χ0n) is 31.7. The van der Waals surface area contributed by atoms with Crippen LogP contribution in [0.15, 0.2) is 48.5 Å². The van der Waals surface area contributed by atoms with Crippen LogP contribution in [0.25, 0.3) is 0 Å². The highest BCUT2D eigenvalue weighted by molar-refractivity contribution is 6.74. The van der Waals surface area contributed by atoms with Gasteiger partial charge in [-0.3, -0.25) is 0 Å². The van der Waals surface area contributed by atoms with Crippen molar-refractivity contribution in [3.8, 4) is 5.75 Å². The standard InChI is InChI=1S/C40H64O6Si2/c1-12-20-40(21-15-22-40)37(46-48(10,11)39(5,6)7)30-18-14-17-29(25-30)36-32(24-28-16-13-19-31(23-28)44-27-35(42)43)33(41)26-34(36)45-47(8,9)38(2,3)4/h13-14,16-19,23,25,32-34,36-37,41H,12,15,20-22,24,26-27H2,1-11H3,(H,42,43)/t32-,33-,34+,36+,37+/m0/s1. The van der Waals surface area contributed by atoms with Crippen molar-refractivity contribution in [2.45, 2.75) is 154 Å². The number of rotatable bonds is 14. The molecule has 8 heteroatoms. The number of aliphatic hydroxyl groups is 1. The molecule has 268 valence electrons. The minimum absolute atomic E-state index is 0.00490. The molecule has 2 aliphatic rings.